The van der Waals surface area contributed by atoms with E-state index in [9.17, 15) is 5.11 Å². The number of rotatable bonds is 4. The molecule has 122 valence electrons. The van der Waals surface area contributed by atoms with Crippen LogP contribution in [0.1, 0.15) is 0 Å². The zero-order valence-electron chi connectivity index (χ0n) is 13.1. The van der Waals surface area contributed by atoms with E-state index in [1.54, 1.807) is 24.1 Å². The van der Waals surface area contributed by atoms with Crippen molar-refractivity contribution in [1.82, 2.24) is 5.01 Å². The molecule has 0 aliphatic heterocycles. The predicted octanol–water partition coefficient (Wildman–Crippen LogP) is 3.22. The zero-order valence-corrected chi connectivity index (χ0v) is 15.5. The largest absolute Gasteiger partial charge is 0.804 e. The molecule has 0 N–H and O–H groups in total. The predicted molar refractivity (Wildman–Crippen MR) is 105 cm³/mol. The number of thiocarbonyl (C=S) groups is 1. The van der Waals surface area contributed by atoms with E-state index in [1.165, 1.54) is 0 Å². The van der Waals surface area contributed by atoms with E-state index in [4.69, 9.17) is 5.26 Å². The molecule has 0 aliphatic rings. The smallest absolute Gasteiger partial charge is 0.138 e. The number of nitrogens with zero attached hydrogens (tertiary/aromatic N) is 3. The average molecular weight is 373 g/mol. The van der Waals surface area contributed by atoms with Gasteiger partial charge >= 0.3 is 0 Å². The van der Waals surface area contributed by atoms with Crippen molar-refractivity contribution in [2.75, 3.05) is 19.1 Å². The van der Waals surface area contributed by atoms with Gasteiger partial charge < -0.3 is 5.11 Å². The lowest BCUT2D eigenvalue weighted by atomic mass is 10.0. The van der Waals surface area contributed by atoms with E-state index >= 15 is 0 Å². The van der Waals surface area contributed by atoms with Crippen molar-refractivity contribution in [2.45, 2.75) is 4.90 Å². The summed E-state index contributed by atoms with van der Waals surface area (Å²) in [5, 5.41) is 26.2. The molecule has 0 aromatic heterocycles. The lowest BCUT2D eigenvalue weighted by molar-refractivity contribution is -0.214. The monoisotopic (exact) mass is 372 g/mol. The first-order valence-corrected chi connectivity index (χ1v) is 8.93. The molecule has 0 spiro atoms. The maximum atomic E-state index is 12.4. The minimum Gasteiger partial charge on any atom is -0.804 e. The van der Waals surface area contributed by atoms with Crippen molar-refractivity contribution in [3.63, 3.8) is 0 Å². The van der Waals surface area contributed by atoms with Gasteiger partial charge in [-0.25, -0.2) is 5.01 Å². The second-order valence-electron chi connectivity index (χ2n) is 4.85. The molecule has 0 unspecified atom stereocenters. The van der Waals surface area contributed by atoms with E-state index in [-0.39, 0.29) is 5.17 Å². The Bertz CT molecular complexity index is 846. The van der Waals surface area contributed by atoms with E-state index in [2.05, 4.69) is 21.9 Å². The number of nitriles is 1. The Kier molecular flexibility index (Phi) is 6.76. The molecule has 0 amide bonds. The number of anilines is 1. The summed E-state index contributed by atoms with van der Waals surface area (Å²) in [6.07, 6.45) is 0. The molecule has 0 bridgehead atoms. The van der Waals surface area contributed by atoms with Crippen LogP contribution in [0.4, 0.5) is 5.69 Å². The summed E-state index contributed by atoms with van der Waals surface area (Å²) >= 11 is 5.78. The summed E-state index contributed by atoms with van der Waals surface area (Å²) in [5.74, 6) is 0. The number of thioether (sulfide) groups is 1. The Morgan fingerprint density at radius 1 is 1.12 bits per heavy atom. The van der Waals surface area contributed by atoms with Crippen molar-refractivity contribution in [3.05, 3.63) is 48.5 Å². The summed E-state index contributed by atoms with van der Waals surface area (Å²) < 4.78 is 2.40. The Morgan fingerprint density at radius 3 is 2.38 bits per heavy atom. The van der Waals surface area contributed by atoms with Gasteiger partial charge in [-0.2, -0.15) is 5.26 Å². The van der Waals surface area contributed by atoms with Crippen molar-refractivity contribution in [3.8, 4) is 16.5 Å². The normalized spacial score (nSPS) is 9.96. The summed E-state index contributed by atoms with van der Waals surface area (Å²) in [6, 6.07) is 15.3. The van der Waals surface area contributed by atoms with Crippen LogP contribution < -0.4 is 10.1 Å². The summed E-state index contributed by atoms with van der Waals surface area (Å²) in [4.78, 5) is 0.880. The average Bonchev–Trinajstić information content (AvgIpc) is 2.56. The van der Waals surface area contributed by atoms with Gasteiger partial charge in [0.15, 0.2) is 0 Å². The Balaban J connectivity index is 2.55. The van der Waals surface area contributed by atoms with Crippen LogP contribution in [0.25, 0.3) is 11.1 Å². The van der Waals surface area contributed by atoms with Gasteiger partial charge in [-0.05, 0) is 47.7 Å². The lowest BCUT2D eigenvalue weighted by Crippen LogP contribution is -2.47. The highest BCUT2D eigenvalue weighted by Gasteiger charge is 2.13. The molecule has 0 atom stereocenters. The first-order valence-electron chi connectivity index (χ1n) is 6.89. The van der Waals surface area contributed by atoms with Crippen LogP contribution in [0.15, 0.2) is 53.4 Å². The first-order chi connectivity index (χ1) is 11.6. The molecule has 0 saturated heterocycles. The van der Waals surface area contributed by atoms with Gasteiger partial charge in [0.05, 0.1) is 5.69 Å². The number of hydrogen-bond donors (Lipinski definition) is 0. The molecule has 7 heteroatoms. The molecule has 0 fully saturated rings. The number of para-hydroxylation sites is 1. The van der Waals surface area contributed by atoms with Gasteiger partial charge in [0.25, 0.3) is 0 Å². The molecular formula is C17H14N3OS3-. The minimum atomic E-state index is -0.223. The molecule has 2 rings (SSSR count). The van der Waals surface area contributed by atoms with Crippen LogP contribution in [0.5, 0.6) is 0 Å². The van der Waals surface area contributed by atoms with Gasteiger partial charge in [0.1, 0.15) is 5.40 Å². The molecule has 0 saturated carbocycles. The van der Waals surface area contributed by atoms with Gasteiger partial charge in [-0.15, -0.1) is 0 Å². The second kappa shape index (κ2) is 8.81. The third-order valence-electron chi connectivity index (χ3n) is 3.16. The third-order valence-corrected chi connectivity index (χ3v) is 4.44. The van der Waals surface area contributed by atoms with Gasteiger partial charge in [-0.1, -0.05) is 41.3 Å². The highest BCUT2D eigenvalue weighted by atomic mass is 32.2. The van der Waals surface area contributed by atoms with Crippen molar-refractivity contribution in [2.24, 2.45) is 0 Å². The Morgan fingerprint density at radius 2 is 1.79 bits per heavy atom. The SMILES string of the molecule is CN(C)N(C([O-])=S=C=S)c1ccccc1-c1ccc(SC#N)cc1. The van der Waals surface area contributed by atoms with Gasteiger partial charge in [0.2, 0.25) is 0 Å². The fraction of sp³-hybridized carbons (Fsp3) is 0.118. The van der Waals surface area contributed by atoms with E-state index in [0.717, 1.165) is 44.4 Å². The summed E-state index contributed by atoms with van der Waals surface area (Å²) in [6.45, 7) is 0. The molecule has 2 aromatic rings. The van der Waals surface area contributed by atoms with E-state index < -0.39 is 0 Å². The highest BCUT2D eigenvalue weighted by molar-refractivity contribution is 8.04. The molecule has 2 aromatic carbocycles. The fourth-order valence-corrected chi connectivity index (χ4v) is 3.22. The zero-order chi connectivity index (χ0) is 17.5. The lowest BCUT2D eigenvalue weighted by Gasteiger charge is -2.36. The second-order valence-corrected chi connectivity index (χ2v) is 6.92. The van der Waals surface area contributed by atoms with Crippen molar-refractivity contribution < 1.29 is 5.11 Å². The number of hydrazine groups is 1. The molecule has 24 heavy (non-hydrogen) atoms. The Labute approximate surface area is 154 Å². The van der Waals surface area contributed by atoms with Crippen LogP contribution in [0, 0.1) is 10.7 Å². The van der Waals surface area contributed by atoms with E-state index in [1.807, 2.05) is 48.5 Å². The molecule has 4 nitrogen and oxygen atoms in total. The maximum absolute atomic E-state index is 12.4. The number of hydrogen-bond acceptors (Lipinski definition) is 5. The Hall–Kier alpha value is -1.91. The maximum Gasteiger partial charge on any atom is 0.138 e. The summed E-state index contributed by atoms with van der Waals surface area (Å²) in [5.41, 5.74) is 2.63. The summed E-state index contributed by atoms with van der Waals surface area (Å²) in [7, 11) is 4.44. The molecule has 0 heterocycles. The molecule has 0 aliphatic carbocycles. The standard InChI is InChI=1S/C17H15N3OS3/c1-19(2)20(17(21)24-12-22)16-6-4-3-5-15(16)13-7-9-14(10-8-13)23-11-18/h3-10,21H,1-2H3/p-1. The quantitative estimate of drug-likeness (QED) is 0.355. The van der Waals surface area contributed by atoms with E-state index in [0.29, 0.717) is 0 Å². The van der Waals surface area contributed by atoms with Gasteiger partial charge in [-0.3, -0.25) is 5.01 Å². The number of thiocyanates is 1. The fourth-order valence-electron chi connectivity index (χ4n) is 2.21. The minimum absolute atomic E-state index is 0.223. The molecular weight excluding hydrogens is 358 g/mol. The van der Waals surface area contributed by atoms with Crippen molar-refractivity contribution in [1.29, 1.82) is 5.26 Å². The highest BCUT2D eigenvalue weighted by Crippen LogP contribution is 2.32. The third kappa shape index (κ3) is 4.34. The molecule has 0 radical (unpaired) electrons. The number of benzene rings is 2. The van der Waals surface area contributed by atoms with Crippen LogP contribution in [0.2, 0.25) is 0 Å². The van der Waals surface area contributed by atoms with Crippen LogP contribution in [0.3, 0.4) is 0 Å². The van der Waals surface area contributed by atoms with Crippen LogP contribution in [-0.2, 0) is 0 Å². The van der Waals surface area contributed by atoms with Gasteiger partial charge in [0, 0.05) is 34.0 Å². The van der Waals surface area contributed by atoms with Crippen LogP contribution in [-0.4, -0.2) is 28.6 Å². The van der Waals surface area contributed by atoms with Crippen LogP contribution >= 0.6 is 34.9 Å². The van der Waals surface area contributed by atoms with Crippen molar-refractivity contribution >= 4 is 50.1 Å². The first kappa shape index (κ1) is 18.4. The topological polar surface area (TPSA) is 53.3 Å².